The maximum absolute atomic E-state index is 11.6. The van der Waals surface area contributed by atoms with Crippen LogP contribution in [0.15, 0.2) is 47.5 Å². The molecule has 1 aromatic heterocycles. The van der Waals surface area contributed by atoms with Crippen LogP contribution in [-0.4, -0.2) is 25.7 Å². The summed E-state index contributed by atoms with van der Waals surface area (Å²) in [5.74, 6) is 0. The molecule has 0 spiro atoms. The summed E-state index contributed by atoms with van der Waals surface area (Å²) in [5, 5.41) is 7.69. The predicted molar refractivity (Wildman–Crippen MR) is 63.7 cm³/mol. The van der Waals surface area contributed by atoms with E-state index in [0.29, 0.717) is 5.69 Å². The Hall–Kier alpha value is -1.79. The highest BCUT2D eigenvalue weighted by Gasteiger charge is 2.12. The number of nitrogens with one attached hydrogen (secondary N) is 1. The molecule has 0 aliphatic heterocycles. The van der Waals surface area contributed by atoms with Gasteiger partial charge in [-0.15, -0.1) is 0 Å². The van der Waals surface area contributed by atoms with Gasteiger partial charge in [-0.25, -0.2) is 13.1 Å². The maximum atomic E-state index is 11.6. The van der Waals surface area contributed by atoms with Crippen molar-refractivity contribution in [3.05, 3.63) is 42.6 Å². The summed E-state index contributed by atoms with van der Waals surface area (Å²) in [6.07, 6.45) is 1.57. The second-order valence-corrected chi connectivity index (χ2v) is 5.23. The summed E-state index contributed by atoms with van der Waals surface area (Å²) < 4.78 is 25.5. The van der Waals surface area contributed by atoms with Gasteiger partial charge in [0.05, 0.1) is 10.6 Å². The lowest BCUT2D eigenvalue weighted by Gasteiger charge is -2.04. The van der Waals surface area contributed by atoms with Crippen molar-refractivity contribution in [2.24, 2.45) is 0 Å². The molecular weight excluding hydrogens is 238 g/mol. The molecule has 0 saturated heterocycles. The molecule has 6 heteroatoms. The third kappa shape index (κ3) is 2.48. The van der Waals surface area contributed by atoms with E-state index in [-0.39, 0.29) is 4.90 Å². The zero-order valence-electron chi connectivity index (χ0n) is 9.16. The van der Waals surface area contributed by atoms with E-state index in [2.05, 4.69) is 14.9 Å². The van der Waals surface area contributed by atoms with Gasteiger partial charge in [0.2, 0.25) is 10.0 Å². The molecule has 0 bridgehead atoms. The van der Waals surface area contributed by atoms with Gasteiger partial charge >= 0.3 is 0 Å². The second kappa shape index (κ2) is 4.60. The fourth-order valence-corrected chi connectivity index (χ4v) is 2.17. The first-order valence-corrected chi connectivity index (χ1v) is 6.43. The van der Waals surface area contributed by atoms with Crippen molar-refractivity contribution in [2.75, 3.05) is 7.05 Å². The summed E-state index contributed by atoms with van der Waals surface area (Å²) >= 11 is 0. The van der Waals surface area contributed by atoms with Crippen LogP contribution in [0.3, 0.4) is 0 Å². The van der Waals surface area contributed by atoms with Crippen LogP contribution >= 0.6 is 0 Å². The number of hydrogen-bond donors (Lipinski definition) is 1. The molecule has 0 aliphatic carbocycles. The summed E-state index contributed by atoms with van der Waals surface area (Å²) in [6.45, 7) is 0. The third-order valence-corrected chi connectivity index (χ3v) is 3.69. The van der Waals surface area contributed by atoms with E-state index >= 15 is 0 Å². The molecule has 0 aliphatic rings. The molecule has 0 atom stereocenters. The molecule has 1 heterocycles. The zero-order valence-corrected chi connectivity index (χ0v) is 9.98. The zero-order chi connectivity index (χ0) is 12.3. The highest BCUT2D eigenvalue weighted by molar-refractivity contribution is 7.89. The SMILES string of the molecule is CNS(=O)(=O)c1cccc(-c2cccnn2)c1. The summed E-state index contributed by atoms with van der Waals surface area (Å²) in [4.78, 5) is 0.211. The van der Waals surface area contributed by atoms with Crippen molar-refractivity contribution in [3.63, 3.8) is 0 Å². The van der Waals surface area contributed by atoms with Gasteiger partial charge in [-0.3, -0.25) is 0 Å². The molecule has 1 N–H and O–H groups in total. The number of rotatable bonds is 3. The Bertz CT molecular complexity index is 612. The van der Waals surface area contributed by atoms with Gasteiger partial charge < -0.3 is 0 Å². The highest BCUT2D eigenvalue weighted by Crippen LogP contribution is 2.19. The van der Waals surface area contributed by atoms with Gasteiger partial charge in [0.1, 0.15) is 0 Å². The van der Waals surface area contributed by atoms with Crippen LogP contribution in [0.5, 0.6) is 0 Å². The number of aromatic nitrogens is 2. The van der Waals surface area contributed by atoms with Crippen molar-refractivity contribution in [3.8, 4) is 11.3 Å². The van der Waals surface area contributed by atoms with Crippen molar-refractivity contribution in [1.82, 2.24) is 14.9 Å². The predicted octanol–water partition coefficient (Wildman–Crippen LogP) is 1.05. The molecule has 0 saturated carbocycles. The number of nitrogens with zero attached hydrogens (tertiary/aromatic N) is 2. The largest absolute Gasteiger partial charge is 0.240 e. The molecule has 0 fully saturated rings. The van der Waals surface area contributed by atoms with Crippen LogP contribution in [0.1, 0.15) is 0 Å². The van der Waals surface area contributed by atoms with E-state index in [1.54, 1.807) is 36.5 Å². The number of sulfonamides is 1. The molecule has 2 aromatic rings. The lowest BCUT2D eigenvalue weighted by molar-refractivity contribution is 0.588. The molecule has 0 amide bonds. The lowest BCUT2D eigenvalue weighted by atomic mass is 10.1. The van der Waals surface area contributed by atoms with Crippen LogP contribution in [0, 0.1) is 0 Å². The van der Waals surface area contributed by atoms with E-state index in [1.807, 2.05) is 0 Å². The molecule has 1 aromatic carbocycles. The summed E-state index contributed by atoms with van der Waals surface area (Å²) in [5.41, 5.74) is 1.36. The molecule has 17 heavy (non-hydrogen) atoms. The van der Waals surface area contributed by atoms with Crippen molar-refractivity contribution < 1.29 is 8.42 Å². The van der Waals surface area contributed by atoms with Crippen molar-refractivity contribution in [2.45, 2.75) is 4.90 Å². The van der Waals surface area contributed by atoms with E-state index in [9.17, 15) is 8.42 Å². The quantitative estimate of drug-likeness (QED) is 0.882. The highest BCUT2D eigenvalue weighted by atomic mass is 32.2. The van der Waals surface area contributed by atoms with Crippen LogP contribution < -0.4 is 4.72 Å². The monoisotopic (exact) mass is 249 g/mol. The molecule has 5 nitrogen and oxygen atoms in total. The molecule has 2 rings (SSSR count). The van der Waals surface area contributed by atoms with Gasteiger partial charge in [-0.2, -0.15) is 10.2 Å². The van der Waals surface area contributed by atoms with E-state index in [4.69, 9.17) is 0 Å². The summed E-state index contributed by atoms with van der Waals surface area (Å²) in [6, 6.07) is 10.1. The fourth-order valence-electron chi connectivity index (χ4n) is 1.40. The van der Waals surface area contributed by atoms with Gasteiger partial charge in [-0.1, -0.05) is 12.1 Å². The van der Waals surface area contributed by atoms with Crippen LogP contribution in [-0.2, 0) is 10.0 Å². The Balaban J connectivity index is 2.50. The van der Waals surface area contributed by atoms with Crippen LogP contribution in [0.4, 0.5) is 0 Å². The first-order chi connectivity index (χ1) is 8.13. The van der Waals surface area contributed by atoms with Gasteiger partial charge in [0.25, 0.3) is 0 Å². The Morgan fingerprint density at radius 3 is 2.65 bits per heavy atom. The van der Waals surface area contributed by atoms with Crippen LogP contribution in [0.2, 0.25) is 0 Å². The Kier molecular flexibility index (Phi) is 3.16. The molecule has 0 unspecified atom stereocenters. The van der Waals surface area contributed by atoms with Crippen molar-refractivity contribution in [1.29, 1.82) is 0 Å². The Labute approximate surface area is 99.6 Å². The van der Waals surface area contributed by atoms with Gasteiger partial charge in [0.15, 0.2) is 0 Å². The maximum Gasteiger partial charge on any atom is 0.240 e. The topological polar surface area (TPSA) is 72.0 Å². The Morgan fingerprint density at radius 1 is 1.18 bits per heavy atom. The van der Waals surface area contributed by atoms with Crippen molar-refractivity contribution >= 4 is 10.0 Å². The standard InChI is InChI=1S/C11H11N3O2S/c1-12-17(15,16)10-5-2-4-9(8-10)11-6-3-7-13-14-11/h2-8,12H,1H3. The second-order valence-electron chi connectivity index (χ2n) is 3.34. The number of hydrogen-bond acceptors (Lipinski definition) is 4. The molecule has 0 radical (unpaired) electrons. The average Bonchev–Trinajstić information content (AvgIpc) is 2.40. The minimum atomic E-state index is -3.43. The van der Waals surface area contributed by atoms with E-state index in [0.717, 1.165) is 5.56 Å². The summed E-state index contributed by atoms with van der Waals surface area (Å²) in [7, 11) is -2.05. The minimum absolute atomic E-state index is 0.211. The average molecular weight is 249 g/mol. The minimum Gasteiger partial charge on any atom is -0.214 e. The van der Waals surface area contributed by atoms with Gasteiger partial charge in [-0.05, 0) is 31.3 Å². The first-order valence-electron chi connectivity index (χ1n) is 4.95. The molecular formula is C11H11N3O2S. The van der Waals surface area contributed by atoms with E-state index in [1.165, 1.54) is 13.1 Å². The van der Waals surface area contributed by atoms with Crippen LogP contribution in [0.25, 0.3) is 11.3 Å². The molecule has 88 valence electrons. The fraction of sp³-hybridized carbons (Fsp3) is 0.0909. The Morgan fingerprint density at radius 2 is 2.00 bits per heavy atom. The normalized spacial score (nSPS) is 11.4. The third-order valence-electron chi connectivity index (χ3n) is 2.28. The smallest absolute Gasteiger partial charge is 0.214 e. The number of benzene rings is 1. The lowest BCUT2D eigenvalue weighted by Crippen LogP contribution is -2.18. The first kappa shape index (κ1) is 11.7. The van der Waals surface area contributed by atoms with Gasteiger partial charge in [0, 0.05) is 11.8 Å². The van der Waals surface area contributed by atoms with E-state index < -0.39 is 10.0 Å².